The number of hydrogen-bond acceptors (Lipinski definition) is 29. The number of rotatable bonds is 50. The second kappa shape index (κ2) is 58.8. The number of carbonyl (C=O) groups is 14. The van der Waals surface area contributed by atoms with E-state index in [-0.39, 0.29) is 182 Å². The van der Waals surface area contributed by atoms with Crippen LogP contribution in [0.3, 0.4) is 0 Å². The van der Waals surface area contributed by atoms with Gasteiger partial charge in [-0.1, -0.05) is 85.7 Å². The smallest absolute Gasteiger partial charge is 0.746 e. The van der Waals surface area contributed by atoms with Crippen LogP contribution in [-0.4, -0.2) is 266 Å². The Hall–Kier alpha value is -11.7. The van der Waals surface area contributed by atoms with Crippen molar-refractivity contribution in [2.45, 2.75) is 201 Å². The molecule has 4 aliphatic heterocycles. The first kappa shape index (κ1) is 125. The quantitative estimate of drug-likeness (QED) is 0.00726. The minimum absolute atomic E-state index is 0. The fraction of sp³-hybridized carbons (Fsp3) is 0.529. The molecule has 4 aromatic heterocycles. The number of aromatic amines is 4. The minimum Gasteiger partial charge on any atom is -0.746 e. The van der Waals surface area contributed by atoms with E-state index in [2.05, 4.69) is 73.1 Å². The van der Waals surface area contributed by atoms with Crippen LogP contribution in [0.2, 0.25) is 0 Å². The standard InChI is InChI=1S/C26H35N3O6S.C24H31N3O5.C23H32N4O8S.C23H30N4O5.C6H15O5PS.Na/c1-16(2)12-18(14-23(30)22-15-20-21(29-22)6-5-7-24(20)35-3)26(32)28-19(9-11-36(4,33)34)13-17-8-10-27-25(17)31;1-14(2)9-16(24(31)26-17(13-28)10-15-7-8-25-23(15)30)11-21(29)20-12-18-19(27-20)5-4-6-22(18)32-3;1-12(2)9-16(26-22(30)17-11-14-15(25-17)5-4-6-19(14)35-3)21(29)27-18(23(31)36(32,33)34)10-13-7-8-24-20(13)28;1-13(2)9-18(22(30)25-15(12-28)10-14-7-8-24-21(14)29)27-23(31)19-11-16-17(26-19)5-4-6-20(16)32-3;1-4-10-12(7,11-5-2)6-13(3,8)9;/h5-7,9,11,15-19,29H,8,10,12-14H2,1-4H3,(H,27,31)(H,28,32);4-6,12-17,27H,7-11H2,1-3H3,(H,25,30)(H,26,31);4-6,11-13,16,18,23,25,31H,7-10H2,1-3H3,(H,24,28)(H,26,30)(H,27,29)(H,32,33,34);4-6,11-15,18,26H,7-10H2,1-3H3,(H,24,29)(H,25,30)(H,27,31);4-6H2,1-3H3;/q;;;;;+1/p-1/b11-9+;;;;;/t17-,18+,19+;15-,16+,17-;13-,16-,18-,23?;14-,15-,18-;;/m0000../s1. The van der Waals surface area contributed by atoms with Crippen LogP contribution in [0.25, 0.3) is 43.6 Å². The number of ketones is 2. The van der Waals surface area contributed by atoms with Gasteiger partial charge in [0.25, 0.3) is 11.8 Å². The second-order valence-corrected chi connectivity index (χ2v) is 47.0. The van der Waals surface area contributed by atoms with Gasteiger partial charge in [0.1, 0.15) is 69.2 Å². The third-order valence-electron chi connectivity index (χ3n) is 24.9. The molecule has 8 aromatic rings. The average Bonchev–Trinajstić information content (AvgIpc) is 1.67. The summed E-state index contributed by atoms with van der Waals surface area (Å²) in [4.78, 5) is 187. The SMILES string of the molecule is CCOP(=O)(CS(C)(=O)=O)OCC.COc1cccc2[nH]c(C(=O)C[C@@H](CC(C)C)C(=O)N[C@H](/C=C/S(C)(=O)=O)C[C@@H]3CCNC3=O)cc12.COc1cccc2[nH]c(C(=O)C[C@@H](CC(C)C)C(=O)N[C@H](C=O)C[C@@H]3CCNC3=O)cc12.COc1cccc2[nH]c(C(=O)N[C@@H](CC(C)C)C(=O)N[C@@H](C[C@@H]3CCNC3=O)C(O)S(=O)(=O)[O-])cc12.COc1cccc2[nH]c(C(=O)N[C@@H](CC(C)C)C(=O)N[C@H](C=O)C[C@@H]3CCNC3=O)cc12.[Na+]. The van der Waals surface area contributed by atoms with E-state index in [4.69, 9.17) is 28.0 Å². The van der Waals surface area contributed by atoms with Crippen LogP contribution in [0.1, 0.15) is 201 Å². The maximum absolute atomic E-state index is 13.3. The summed E-state index contributed by atoms with van der Waals surface area (Å²) in [6, 6.07) is 22.8. The number of aldehydes is 2. The molecule has 4 saturated heterocycles. The van der Waals surface area contributed by atoms with E-state index in [1.165, 1.54) is 13.2 Å². The maximum Gasteiger partial charge on any atom is 1.00 e. The summed E-state index contributed by atoms with van der Waals surface area (Å²) < 4.78 is 122. The first-order valence-electron chi connectivity index (χ1n) is 49.4. The molecule has 12 rings (SSSR count). The van der Waals surface area contributed by atoms with Gasteiger partial charge in [-0.05, 0) is 187 Å². The van der Waals surface area contributed by atoms with Gasteiger partial charge in [0.2, 0.25) is 47.3 Å². The molecule has 0 aliphatic carbocycles. The number of H-pyrrole nitrogens is 4. The Morgan fingerprint density at radius 1 is 0.440 bits per heavy atom. The van der Waals surface area contributed by atoms with E-state index in [9.17, 15) is 107 Å². The number of aromatic nitrogens is 4. The van der Waals surface area contributed by atoms with Crippen LogP contribution in [0.15, 0.2) is 109 Å². The van der Waals surface area contributed by atoms with Crippen LogP contribution in [-0.2, 0) is 91.4 Å². The third kappa shape index (κ3) is 38.6. The number of hydrogen-bond donors (Lipinski definition) is 15. The second-order valence-electron chi connectivity index (χ2n) is 39.0. The molecule has 0 radical (unpaired) electrons. The number of ether oxygens (including phenoxy) is 4. The molecule has 10 amide bonds. The van der Waals surface area contributed by atoms with Crippen molar-refractivity contribution in [3.63, 3.8) is 0 Å². The number of aliphatic hydroxyl groups is 1. The number of fused-ring (bicyclic) bond motifs is 4. The monoisotopic (exact) mass is 2180 g/mol. The molecule has 13 atom stereocenters. The molecular weight excluding hydrogens is 2040 g/mol. The zero-order chi connectivity index (χ0) is 110. The van der Waals surface area contributed by atoms with Gasteiger partial charge in [-0.15, -0.1) is 0 Å². The van der Waals surface area contributed by atoms with Crippen LogP contribution in [0, 0.1) is 59.2 Å². The number of nitrogens with one attached hydrogen (secondary N) is 14. The molecule has 0 spiro atoms. The third-order valence-corrected chi connectivity index (χ3v) is 30.9. The first-order chi connectivity index (χ1) is 70.3. The fourth-order valence-corrected chi connectivity index (χ4v) is 22.7. The zero-order valence-electron chi connectivity index (χ0n) is 87.8. The van der Waals surface area contributed by atoms with Crippen LogP contribution < -0.4 is 102 Å². The van der Waals surface area contributed by atoms with E-state index in [1.54, 1.807) is 83.7 Å². The molecule has 0 saturated carbocycles. The van der Waals surface area contributed by atoms with E-state index in [0.717, 1.165) is 50.6 Å². The van der Waals surface area contributed by atoms with Crippen LogP contribution in [0.4, 0.5) is 0 Å². The summed E-state index contributed by atoms with van der Waals surface area (Å²) in [5, 5.41) is 41.2. The van der Waals surface area contributed by atoms with E-state index in [0.29, 0.717) is 135 Å². The zero-order valence-corrected chi connectivity index (χ0v) is 93.1. The molecule has 150 heavy (non-hydrogen) atoms. The van der Waals surface area contributed by atoms with Gasteiger partial charge in [0.15, 0.2) is 42.2 Å². The fourth-order valence-electron chi connectivity index (χ4n) is 17.9. The van der Waals surface area contributed by atoms with Gasteiger partial charge in [-0.25, -0.2) is 25.3 Å². The number of Topliss-reactive ketones (excluding diaryl/α,β-unsaturated/α-hetero) is 2. The Labute approximate surface area is 895 Å². The first-order valence-corrected chi connectivity index (χ1v) is 56.7. The van der Waals surface area contributed by atoms with E-state index >= 15 is 0 Å². The predicted molar refractivity (Wildman–Crippen MR) is 558 cm³/mol. The van der Waals surface area contributed by atoms with Crippen molar-refractivity contribution in [3.05, 3.63) is 131 Å². The number of benzene rings is 4. The molecule has 4 fully saturated rings. The van der Waals surface area contributed by atoms with Crippen molar-refractivity contribution in [2.24, 2.45) is 59.2 Å². The van der Waals surface area contributed by atoms with Crippen LogP contribution in [0.5, 0.6) is 23.0 Å². The molecule has 48 heteroatoms. The average molecular weight is 2180 g/mol. The molecule has 43 nitrogen and oxygen atoms in total. The Kier molecular flexibility index (Phi) is 49.1. The molecule has 1 unspecified atom stereocenters. The van der Waals surface area contributed by atoms with Crippen molar-refractivity contribution < 1.29 is 164 Å². The number of methoxy groups -OCH3 is 4. The summed E-state index contributed by atoms with van der Waals surface area (Å²) in [6.45, 7) is 21.2. The largest absolute Gasteiger partial charge is 1.00 e. The molecule has 8 heterocycles. The molecule has 0 bridgehead atoms. The molecule has 4 aromatic carbocycles. The van der Waals surface area contributed by atoms with Gasteiger partial charge in [-0.3, -0.25) is 62.1 Å². The minimum atomic E-state index is -5.19. The number of amides is 10. The van der Waals surface area contributed by atoms with Crippen molar-refractivity contribution in [1.29, 1.82) is 0 Å². The Balaban J connectivity index is 0.000000259. The summed E-state index contributed by atoms with van der Waals surface area (Å²) in [6.07, 6.45) is 9.21. The molecule has 818 valence electrons. The molecular formula is C102H142N14NaO29PS3. The van der Waals surface area contributed by atoms with E-state index in [1.807, 2.05) is 104 Å². The normalized spacial score (nSPS) is 17.4. The van der Waals surface area contributed by atoms with Gasteiger partial charge in [0.05, 0.1) is 71.2 Å². The summed E-state index contributed by atoms with van der Waals surface area (Å²) >= 11 is 0. The van der Waals surface area contributed by atoms with Gasteiger partial charge >= 0.3 is 37.2 Å². The van der Waals surface area contributed by atoms with Gasteiger partial charge < -0.3 is 120 Å². The Morgan fingerprint density at radius 3 is 1.03 bits per heavy atom. The van der Waals surface area contributed by atoms with Crippen molar-refractivity contribution in [2.75, 3.05) is 85.8 Å². The number of aliphatic hydroxyl groups excluding tert-OH is 1. The topological polar surface area (TPSA) is 641 Å². The Bertz CT molecular complexity index is 6310. The maximum atomic E-state index is 13.3. The van der Waals surface area contributed by atoms with E-state index < -0.39 is 126 Å². The summed E-state index contributed by atoms with van der Waals surface area (Å²) in [7, 11) is -9.17. The van der Waals surface area contributed by atoms with Crippen molar-refractivity contribution in [3.8, 4) is 23.0 Å². The number of sulfone groups is 2. The number of carbonyl (C=O) groups excluding carboxylic acids is 14. The summed E-state index contributed by atoms with van der Waals surface area (Å²) in [5.74, 6) is -3.77. The van der Waals surface area contributed by atoms with Crippen molar-refractivity contribution in [1.82, 2.24) is 73.1 Å². The van der Waals surface area contributed by atoms with Gasteiger partial charge in [-0.2, -0.15) is 0 Å². The Morgan fingerprint density at radius 2 is 0.740 bits per heavy atom. The predicted octanol–water partition coefficient (Wildman–Crippen LogP) is 5.59. The van der Waals surface area contributed by atoms with Gasteiger partial charge in [0, 0.05) is 142 Å². The molecule has 15 N–H and O–H groups in total. The molecule has 4 aliphatic rings. The summed E-state index contributed by atoms with van der Waals surface area (Å²) in [5.41, 5.74) is 1.24. The van der Waals surface area contributed by atoms with Crippen LogP contribution >= 0.6 is 7.60 Å². The van der Waals surface area contributed by atoms with Crippen molar-refractivity contribution >= 4 is 164 Å².